The van der Waals surface area contributed by atoms with Gasteiger partial charge in [0.15, 0.2) is 0 Å². The van der Waals surface area contributed by atoms with E-state index in [-0.39, 0.29) is 28.5 Å². The summed E-state index contributed by atoms with van der Waals surface area (Å²) in [6, 6.07) is 13.5. The van der Waals surface area contributed by atoms with E-state index in [0.717, 1.165) is 10.5 Å². The molecule has 31 heavy (non-hydrogen) atoms. The smallest absolute Gasteiger partial charge is 0.300 e. The van der Waals surface area contributed by atoms with E-state index in [1.165, 1.54) is 12.3 Å². The molecule has 158 valence electrons. The lowest BCUT2D eigenvalue weighted by Gasteiger charge is -2.24. The number of carbonyl (C=O) groups excluding carboxylic acids is 2. The number of rotatable bonds is 5. The summed E-state index contributed by atoms with van der Waals surface area (Å²) in [6.45, 7) is 4.16. The third kappa shape index (κ3) is 3.54. The second-order valence-corrected chi connectivity index (χ2v) is 7.13. The van der Waals surface area contributed by atoms with E-state index in [2.05, 4.69) is 0 Å². The molecular formula is C24H21NO6. The number of ketones is 1. The molecule has 0 saturated carbocycles. The number of nitrogens with zero attached hydrogens (tertiary/aromatic N) is 1. The van der Waals surface area contributed by atoms with Crippen molar-refractivity contribution in [1.82, 2.24) is 0 Å². The quantitative estimate of drug-likeness (QED) is 0.363. The van der Waals surface area contributed by atoms with E-state index < -0.39 is 17.7 Å². The number of aliphatic hydroxyl groups excluding tert-OH is 1. The van der Waals surface area contributed by atoms with Gasteiger partial charge in [0.1, 0.15) is 29.1 Å². The van der Waals surface area contributed by atoms with E-state index in [1.807, 2.05) is 6.92 Å². The fourth-order valence-electron chi connectivity index (χ4n) is 3.65. The van der Waals surface area contributed by atoms with Crippen molar-refractivity contribution in [2.75, 3.05) is 11.5 Å². The molecule has 4 rings (SSSR count). The predicted octanol–water partition coefficient (Wildman–Crippen LogP) is 4.32. The number of furan rings is 1. The summed E-state index contributed by atoms with van der Waals surface area (Å²) in [7, 11) is 0. The van der Waals surface area contributed by atoms with Gasteiger partial charge >= 0.3 is 0 Å². The lowest BCUT2D eigenvalue weighted by Crippen LogP contribution is -2.29. The summed E-state index contributed by atoms with van der Waals surface area (Å²) in [4.78, 5) is 27.2. The standard InChI is InChI=1S/C24H21NO6/c1-3-30-16-9-7-15(8-10-16)22(27)20-21(19-5-4-12-31-19)25(24(29)23(20)28)17-13-14(2)6-11-18(17)26/h4-13,21,26-27H,3H2,1-2H3/b22-20-. The summed E-state index contributed by atoms with van der Waals surface area (Å²) < 4.78 is 10.9. The Morgan fingerprint density at radius 3 is 2.52 bits per heavy atom. The van der Waals surface area contributed by atoms with Crippen molar-refractivity contribution < 1.29 is 29.0 Å². The van der Waals surface area contributed by atoms with Crippen molar-refractivity contribution >= 4 is 23.1 Å². The minimum atomic E-state index is -1.03. The normalized spacial score (nSPS) is 17.9. The largest absolute Gasteiger partial charge is 0.507 e. The highest BCUT2D eigenvalue weighted by atomic mass is 16.5. The van der Waals surface area contributed by atoms with Gasteiger partial charge in [-0.05, 0) is 67.9 Å². The molecule has 1 aliphatic rings. The van der Waals surface area contributed by atoms with E-state index in [4.69, 9.17) is 9.15 Å². The van der Waals surface area contributed by atoms with Gasteiger partial charge in [-0.15, -0.1) is 0 Å². The molecule has 1 aromatic heterocycles. The Labute approximate surface area is 178 Å². The number of phenols is 1. The first-order valence-electron chi connectivity index (χ1n) is 9.79. The van der Waals surface area contributed by atoms with Gasteiger partial charge in [-0.3, -0.25) is 14.5 Å². The first-order chi connectivity index (χ1) is 14.9. The van der Waals surface area contributed by atoms with Crippen molar-refractivity contribution in [2.45, 2.75) is 19.9 Å². The fourth-order valence-corrected chi connectivity index (χ4v) is 3.65. The maximum atomic E-state index is 13.0. The van der Waals surface area contributed by atoms with E-state index in [1.54, 1.807) is 55.5 Å². The second kappa shape index (κ2) is 8.02. The SMILES string of the molecule is CCOc1ccc(/C(O)=C2/C(=O)C(=O)N(c3cc(C)ccc3O)C2c2ccco2)cc1. The zero-order valence-electron chi connectivity index (χ0n) is 17.0. The van der Waals surface area contributed by atoms with Crippen LogP contribution in [0, 0.1) is 6.92 Å². The zero-order chi connectivity index (χ0) is 22.1. The molecule has 0 bridgehead atoms. The molecule has 2 heterocycles. The average Bonchev–Trinajstić information content (AvgIpc) is 3.37. The molecule has 1 fully saturated rings. The van der Waals surface area contributed by atoms with Gasteiger partial charge < -0.3 is 19.4 Å². The number of amides is 1. The highest BCUT2D eigenvalue weighted by molar-refractivity contribution is 6.51. The molecule has 1 saturated heterocycles. The molecule has 0 spiro atoms. The van der Waals surface area contributed by atoms with Gasteiger partial charge in [0.05, 0.1) is 24.1 Å². The van der Waals surface area contributed by atoms with E-state index in [0.29, 0.717) is 17.9 Å². The average molecular weight is 419 g/mol. The number of hydrogen-bond donors (Lipinski definition) is 2. The van der Waals surface area contributed by atoms with Gasteiger partial charge in [-0.1, -0.05) is 6.07 Å². The van der Waals surface area contributed by atoms with Crippen LogP contribution in [0.25, 0.3) is 5.76 Å². The maximum absolute atomic E-state index is 13.0. The lowest BCUT2D eigenvalue weighted by molar-refractivity contribution is -0.132. The number of anilines is 1. The van der Waals surface area contributed by atoms with Crippen molar-refractivity contribution in [3.05, 3.63) is 83.3 Å². The van der Waals surface area contributed by atoms with Crippen LogP contribution in [0.2, 0.25) is 0 Å². The fraction of sp³-hybridized carbons (Fsp3) is 0.167. The van der Waals surface area contributed by atoms with Gasteiger partial charge in [-0.2, -0.15) is 0 Å². The van der Waals surface area contributed by atoms with Crippen LogP contribution in [0.5, 0.6) is 11.5 Å². The van der Waals surface area contributed by atoms with E-state index in [9.17, 15) is 19.8 Å². The van der Waals surface area contributed by atoms with Crippen LogP contribution in [-0.4, -0.2) is 28.5 Å². The first kappa shape index (κ1) is 20.3. The molecule has 1 amide bonds. The van der Waals surface area contributed by atoms with Crippen molar-refractivity contribution in [2.24, 2.45) is 0 Å². The third-order valence-electron chi connectivity index (χ3n) is 5.09. The van der Waals surface area contributed by atoms with Crippen molar-refractivity contribution in [3.63, 3.8) is 0 Å². The predicted molar refractivity (Wildman–Crippen MR) is 114 cm³/mol. The Hall–Kier alpha value is -4.00. The Balaban J connectivity index is 1.89. The summed E-state index contributed by atoms with van der Waals surface area (Å²) >= 11 is 0. The van der Waals surface area contributed by atoms with Crippen molar-refractivity contribution in [3.8, 4) is 11.5 Å². The van der Waals surface area contributed by atoms with Crippen LogP contribution >= 0.6 is 0 Å². The molecule has 7 nitrogen and oxygen atoms in total. The Morgan fingerprint density at radius 2 is 1.87 bits per heavy atom. The number of hydrogen-bond acceptors (Lipinski definition) is 6. The minimum absolute atomic E-state index is 0.120. The summed E-state index contributed by atoms with van der Waals surface area (Å²) in [6.07, 6.45) is 1.42. The third-order valence-corrected chi connectivity index (χ3v) is 5.09. The maximum Gasteiger partial charge on any atom is 0.300 e. The Bertz CT molecular complexity index is 1160. The molecule has 7 heteroatoms. The molecule has 1 unspecified atom stereocenters. The topological polar surface area (TPSA) is 100 Å². The van der Waals surface area contributed by atoms with E-state index >= 15 is 0 Å². The number of benzene rings is 2. The minimum Gasteiger partial charge on any atom is -0.507 e. The number of carbonyl (C=O) groups is 2. The first-order valence-corrected chi connectivity index (χ1v) is 9.79. The van der Waals surface area contributed by atoms with Crippen LogP contribution < -0.4 is 9.64 Å². The highest BCUT2D eigenvalue weighted by Gasteiger charge is 2.49. The molecule has 1 atom stereocenters. The number of aromatic hydroxyl groups is 1. The molecule has 2 aromatic carbocycles. The second-order valence-electron chi connectivity index (χ2n) is 7.13. The Kier molecular flexibility index (Phi) is 5.25. The molecule has 3 aromatic rings. The van der Waals surface area contributed by atoms with Gasteiger partial charge in [0.2, 0.25) is 0 Å². The van der Waals surface area contributed by atoms with Crippen LogP contribution in [0.4, 0.5) is 5.69 Å². The monoisotopic (exact) mass is 419 g/mol. The Morgan fingerprint density at radius 1 is 1.13 bits per heavy atom. The van der Waals surface area contributed by atoms with Crippen LogP contribution in [0.1, 0.15) is 29.9 Å². The highest BCUT2D eigenvalue weighted by Crippen LogP contribution is 2.45. The number of Topliss-reactive ketones (excluding diaryl/α,β-unsaturated/α-hetero) is 1. The summed E-state index contributed by atoms with van der Waals surface area (Å²) in [5.74, 6) is -1.33. The molecule has 0 radical (unpaired) electrons. The van der Waals surface area contributed by atoms with Gasteiger partial charge in [0, 0.05) is 5.56 Å². The van der Waals surface area contributed by atoms with Crippen LogP contribution in [-0.2, 0) is 9.59 Å². The number of phenolic OH excluding ortho intramolecular Hbond substituents is 1. The van der Waals surface area contributed by atoms with Crippen LogP contribution in [0.15, 0.2) is 70.9 Å². The number of ether oxygens (including phenoxy) is 1. The summed E-state index contributed by atoms with van der Waals surface area (Å²) in [5, 5.41) is 21.4. The van der Waals surface area contributed by atoms with Gasteiger partial charge in [0.25, 0.3) is 11.7 Å². The number of aryl methyl sites for hydroxylation is 1. The molecular weight excluding hydrogens is 398 g/mol. The summed E-state index contributed by atoms with van der Waals surface area (Å²) in [5.41, 5.74) is 1.19. The molecule has 0 aliphatic carbocycles. The lowest BCUT2D eigenvalue weighted by atomic mass is 9.99. The van der Waals surface area contributed by atoms with Crippen molar-refractivity contribution in [1.29, 1.82) is 0 Å². The molecule has 1 aliphatic heterocycles. The molecule has 2 N–H and O–H groups in total. The number of aliphatic hydroxyl groups is 1. The van der Waals surface area contributed by atoms with Gasteiger partial charge in [-0.25, -0.2) is 0 Å². The zero-order valence-corrected chi connectivity index (χ0v) is 17.0. The van der Waals surface area contributed by atoms with Crippen LogP contribution in [0.3, 0.4) is 0 Å².